The molecule has 0 bridgehead atoms. The van der Waals surface area contributed by atoms with Crippen LogP contribution in [-0.4, -0.2) is 13.9 Å². The molecule has 0 saturated heterocycles. The number of alkyl halides is 3. The summed E-state index contributed by atoms with van der Waals surface area (Å²) < 4.78 is 62.9. The number of rotatable bonds is 2. The van der Waals surface area contributed by atoms with Gasteiger partial charge < -0.3 is 0 Å². The van der Waals surface area contributed by atoms with Crippen molar-refractivity contribution in [3.63, 3.8) is 0 Å². The quantitative estimate of drug-likeness (QED) is 0.620. The molecule has 3 nitrogen and oxygen atoms in total. The maximum Gasteiger partial charge on any atom is 0.501 e. The minimum absolute atomic E-state index is 0.116. The van der Waals surface area contributed by atoms with Crippen LogP contribution in [0.15, 0.2) is 50.2 Å². The second-order valence-electron chi connectivity index (χ2n) is 4.40. The molecular weight excluding hydrogens is 463 g/mol. The summed E-state index contributed by atoms with van der Waals surface area (Å²) in [5.74, 6) is 0. The molecule has 23 heavy (non-hydrogen) atoms. The van der Waals surface area contributed by atoms with E-state index in [0.717, 1.165) is 6.07 Å². The first kappa shape index (κ1) is 18.0. The molecule has 0 aliphatic carbocycles. The van der Waals surface area contributed by atoms with E-state index in [1.54, 1.807) is 0 Å². The van der Waals surface area contributed by atoms with E-state index in [1.807, 2.05) is 6.07 Å². The van der Waals surface area contributed by atoms with Crippen molar-refractivity contribution < 1.29 is 21.6 Å². The number of benzene rings is 2. The Labute approximate surface area is 146 Å². The molecule has 0 aliphatic heterocycles. The van der Waals surface area contributed by atoms with Gasteiger partial charge in [0.05, 0.1) is 16.5 Å². The normalized spacial score (nSPS) is 12.0. The minimum Gasteiger partial charge on any atom is -0.214 e. The first-order valence-corrected chi connectivity index (χ1v) is 8.96. The van der Waals surface area contributed by atoms with E-state index in [-0.39, 0.29) is 20.1 Å². The average Bonchev–Trinajstić information content (AvgIpc) is 2.45. The van der Waals surface area contributed by atoms with Gasteiger partial charge in [-0.25, -0.2) is 8.42 Å². The lowest BCUT2D eigenvalue weighted by atomic mass is 10.0. The van der Waals surface area contributed by atoms with Gasteiger partial charge in [-0.15, -0.1) is 0 Å². The van der Waals surface area contributed by atoms with E-state index in [1.165, 1.54) is 30.3 Å². The summed E-state index contributed by atoms with van der Waals surface area (Å²) in [6, 6.07) is 9.81. The largest absolute Gasteiger partial charge is 0.501 e. The van der Waals surface area contributed by atoms with Gasteiger partial charge in [-0.05, 0) is 29.8 Å². The van der Waals surface area contributed by atoms with Crippen LogP contribution in [0.4, 0.5) is 13.2 Å². The van der Waals surface area contributed by atoms with Crippen LogP contribution in [0, 0.1) is 11.3 Å². The van der Waals surface area contributed by atoms with Gasteiger partial charge >= 0.3 is 5.51 Å². The molecule has 0 fully saturated rings. The number of nitriles is 1. The predicted molar refractivity (Wildman–Crippen MR) is 85.2 cm³/mol. The van der Waals surface area contributed by atoms with Gasteiger partial charge in [0.15, 0.2) is 0 Å². The Balaban J connectivity index is 2.81. The van der Waals surface area contributed by atoms with Crippen LogP contribution in [0.5, 0.6) is 0 Å². The van der Waals surface area contributed by atoms with Crippen molar-refractivity contribution in [1.29, 1.82) is 5.26 Å². The lowest BCUT2D eigenvalue weighted by Gasteiger charge is -2.15. The highest BCUT2D eigenvalue weighted by molar-refractivity contribution is 9.11. The van der Waals surface area contributed by atoms with Gasteiger partial charge in [0, 0.05) is 14.5 Å². The van der Waals surface area contributed by atoms with Crippen LogP contribution >= 0.6 is 31.9 Å². The van der Waals surface area contributed by atoms with Gasteiger partial charge in [-0.3, -0.25) is 0 Å². The Hall–Kier alpha value is -1.37. The highest BCUT2D eigenvalue weighted by atomic mass is 79.9. The molecule has 0 atom stereocenters. The third-order valence-electron chi connectivity index (χ3n) is 2.92. The maximum absolute atomic E-state index is 12.9. The van der Waals surface area contributed by atoms with Crippen LogP contribution in [0.25, 0.3) is 11.1 Å². The zero-order chi connectivity index (χ0) is 17.4. The molecule has 0 radical (unpaired) electrons. The first-order valence-electron chi connectivity index (χ1n) is 5.89. The maximum atomic E-state index is 12.9. The summed E-state index contributed by atoms with van der Waals surface area (Å²) in [6.07, 6.45) is 0. The summed E-state index contributed by atoms with van der Waals surface area (Å²) in [4.78, 5) is -0.865. The summed E-state index contributed by atoms with van der Waals surface area (Å²) in [6.45, 7) is 0. The van der Waals surface area contributed by atoms with E-state index in [9.17, 15) is 21.6 Å². The summed E-state index contributed by atoms with van der Waals surface area (Å²) in [5.41, 5.74) is -4.99. The topological polar surface area (TPSA) is 57.9 Å². The minimum atomic E-state index is -5.54. The van der Waals surface area contributed by atoms with Crippen molar-refractivity contribution in [1.82, 2.24) is 0 Å². The van der Waals surface area contributed by atoms with E-state index in [2.05, 4.69) is 31.9 Å². The highest BCUT2D eigenvalue weighted by Gasteiger charge is 2.48. The van der Waals surface area contributed by atoms with Crippen LogP contribution in [0.1, 0.15) is 5.56 Å². The van der Waals surface area contributed by atoms with Gasteiger partial charge in [0.1, 0.15) is 0 Å². The predicted octanol–water partition coefficient (Wildman–Crippen LogP) is 5.04. The van der Waals surface area contributed by atoms with Gasteiger partial charge in [0.25, 0.3) is 9.84 Å². The summed E-state index contributed by atoms with van der Waals surface area (Å²) in [7, 11) is -5.54. The second-order valence-corrected chi connectivity index (χ2v) is 8.08. The molecule has 0 unspecified atom stereocenters. The second kappa shape index (κ2) is 6.26. The molecule has 0 spiro atoms. The Morgan fingerprint density at radius 2 is 1.61 bits per heavy atom. The Morgan fingerprint density at radius 1 is 1.04 bits per heavy atom. The van der Waals surface area contributed by atoms with Crippen LogP contribution in [0.2, 0.25) is 0 Å². The Morgan fingerprint density at radius 3 is 2.09 bits per heavy atom. The molecule has 0 aromatic heterocycles. The monoisotopic (exact) mass is 467 g/mol. The fourth-order valence-corrected chi connectivity index (χ4v) is 4.64. The van der Waals surface area contributed by atoms with Crippen LogP contribution < -0.4 is 0 Å². The fourth-order valence-electron chi connectivity index (χ4n) is 1.88. The zero-order valence-electron chi connectivity index (χ0n) is 11.0. The fraction of sp³-hybridized carbons (Fsp3) is 0.0714. The van der Waals surface area contributed by atoms with E-state index < -0.39 is 20.2 Å². The summed E-state index contributed by atoms with van der Waals surface area (Å²) >= 11 is 6.10. The van der Waals surface area contributed by atoms with Gasteiger partial charge in [-0.2, -0.15) is 18.4 Å². The van der Waals surface area contributed by atoms with Gasteiger partial charge in [-0.1, -0.05) is 44.0 Å². The zero-order valence-corrected chi connectivity index (χ0v) is 15.0. The molecule has 0 aliphatic rings. The number of hydrogen-bond acceptors (Lipinski definition) is 3. The van der Waals surface area contributed by atoms with Crippen molar-refractivity contribution in [2.45, 2.75) is 10.4 Å². The molecule has 9 heteroatoms. The Bertz CT molecular complexity index is 901. The average molecular weight is 469 g/mol. The van der Waals surface area contributed by atoms with Crippen molar-refractivity contribution in [3.8, 4) is 17.2 Å². The first-order chi connectivity index (χ1) is 10.6. The van der Waals surface area contributed by atoms with Crippen molar-refractivity contribution >= 4 is 41.7 Å². The third kappa shape index (κ3) is 3.44. The smallest absolute Gasteiger partial charge is 0.214 e. The lowest BCUT2D eigenvalue weighted by Crippen LogP contribution is -2.24. The summed E-state index contributed by atoms with van der Waals surface area (Å²) in [5, 5.41) is 8.77. The van der Waals surface area contributed by atoms with Gasteiger partial charge in [0.2, 0.25) is 0 Å². The molecule has 120 valence electrons. The molecular formula is C14H6Br2F3NO2S. The SMILES string of the molecule is N#Cc1ccc(-c2c(Br)cc(Br)cc2S(=O)(=O)C(F)(F)F)cc1. The number of nitrogens with zero attached hydrogens (tertiary/aromatic N) is 1. The standard InChI is InChI=1S/C14H6Br2F3NO2S/c15-10-5-11(16)13(9-3-1-8(7-20)2-4-9)12(6-10)23(21,22)14(17,18)19/h1-6H. The van der Waals surface area contributed by atoms with E-state index >= 15 is 0 Å². The van der Waals surface area contributed by atoms with Crippen LogP contribution in [0.3, 0.4) is 0 Å². The van der Waals surface area contributed by atoms with Crippen molar-refractivity contribution in [2.24, 2.45) is 0 Å². The molecule has 0 heterocycles. The molecule has 2 aromatic carbocycles. The Kier molecular flexibility index (Phi) is 4.89. The number of hydrogen-bond donors (Lipinski definition) is 0. The molecule has 2 aromatic rings. The number of sulfone groups is 1. The molecule has 2 rings (SSSR count). The van der Waals surface area contributed by atoms with E-state index in [0.29, 0.717) is 5.56 Å². The van der Waals surface area contributed by atoms with Crippen molar-refractivity contribution in [3.05, 3.63) is 50.9 Å². The highest BCUT2D eigenvalue weighted by Crippen LogP contribution is 2.41. The molecule has 0 saturated carbocycles. The molecule has 0 amide bonds. The third-order valence-corrected chi connectivity index (χ3v) is 5.51. The lowest BCUT2D eigenvalue weighted by molar-refractivity contribution is -0.0435. The van der Waals surface area contributed by atoms with E-state index in [4.69, 9.17) is 5.26 Å². The number of halogens is 5. The van der Waals surface area contributed by atoms with Crippen molar-refractivity contribution in [2.75, 3.05) is 0 Å². The van der Waals surface area contributed by atoms with Crippen LogP contribution in [-0.2, 0) is 9.84 Å². The molecule has 0 N–H and O–H groups in total.